The number of aromatic hydroxyl groups is 1. The highest BCUT2D eigenvalue weighted by Crippen LogP contribution is 2.39. The first-order chi connectivity index (χ1) is 7.06. The molecule has 0 bridgehead atoms. The molecule has 2 rings (SSSR count). The zero-order chi connectivity index (χ0) is 11.2. The van der Waals surface area contributed by atoms with Crippen molar-refractivity contribution in [2.24, 2.45) is 0 Å². The lowest BCUT2D eigenvalue weighted by molar-refractivity contribution is 0.0956. The molecular formula is C11H13NO3. The van der Waals surface area contributed by atoms with Crippen LogP contribution in [0.5, 0.6) is 11.5 Å². The number of benzene rings is 1. The Morgan fingerprint density at radius 3 is 2.80 bits per heavy atom. The lowest BCUT2D eigenvalue weighted by Gasteiger charge is -2.11. The number of phenols is 1. The van der Waals surface area contributed by atoms with Gasteiger partial charge in [0.05, 0.1) is 18.7 Å². The number of carbonyl (C=O) groups is 1. The van der Waals surface area contributed by atoms with E-state index in [-0.39, 0.29) is 17.7 Å². The van der Waals surface area contributed by atoms with Crippen molar-refractivity contribution >= 4 is 5.91 Å². The summed E-state index contributed by atoms with van der Waals surface area (Å²) in [4.78, 5) is 11.6. The number of amides is 1. The maximum atomic E-state index is 11.6. The Labute approximate surface area is 87.9 Å². The summed E-state index contributed by atoms with van der Waals surface area (Å²) in [6.07, 6.45) is 0. The third-order valence-corrected chi connectivity index (χ3v) is 2.78. The molecule has 1 amide bonds. The summed E-state index contributed by atoms with van der Waals surface area (Å²) < 4.78 is 5.17. The molecule has 0 radical (unpaired) electrons. The van der Waals surface area contributed by atoms with Crippen molar-refractivity contribution in [3.05, 3.63) is 22.8 Å². The molecule has 0 saturated carbocycles. The monoisotopic (exact) mass is 207 g/mol. The van der Waals surface area contributed by atoms with Crippen molar-refractivity contribution in [3.8, 4) is 11.5 Å². The summed E-state index contributed by atoms with van der Waals surface area (Å²) >= 11 is 0. The molecule has 15 heavy (non-hydrogen) atoms. The lowest BCUT2D eigenvalue weighted by Crippen LogP contribution is -2.16. The predicted molar refractivity (Wildman–Crippen MR) is 55.3 cm³/mol. The van der Waals surface area contributed by atoms with Crippen molar-refractivity contribution in [2.75, 3.05) is 7.11 Å². The van der Waals surface area contributed by atoms with Crippen LogP contribution in [0.2, 0.25) is 0 Å². The van der Waals surface area contributed by atoms with Gasteiger partial charge in [-0.15, -0.1) is 0 Å². The topological polar surface area (TPSA) is 58.6 Å². The molecule has 80 valence electrons. The fourth-order valence-electron chi connectivity index (χ4n) is 1.94. The summed E-state index contributed by atoms with van der Waals surface area (Å²) in [5.41, 5.74) is 1.93. The molecule has 1 aliphatic rings. The Morgan fingerprint density at radius 1 is 1.53 bits per heavy atom. The van der Waals surface area contributed by atoms with E-state index in [1.165, 1.54) is 7.11 Å². The smallest absolute Gasteiger partial charge is 0.255 e. The third-order valence-electron chi connectivity index (χ3n) is 2.78. The second kappa shape index (κ2) is 3.15. The summed E-state index contributed by atoms with van der Waals surface area (Å²) in [6, 6.07) is 1.54. The van der Waals surface area contributed by atoms with Crippen LogP contribution < -0.4 is 10.1 Å². The van der Waals surface area contributed by atoms with Crippen LogP contribution in [0.4, 0.5) is 0 Å². The summed E-state index contributed by atoms with van der Waals surface area (Å²) in [5, 5.41) is 12.5. The number of hydrogen-bond donors (Lipinski definition) is 2. The predicted octanol–water partition coefficient (Wildman–Crippen LogP) is 1.51. The molecule has 1 atom stereocenters. The molecule has 4 heteroatoms. The van der Waals surface area contributed by atoms with Crippen LogP contribution in [-0.2, 0) is 0 Å². The van der Waals surface area contributed by atoms with Crippen LogP contribution in [0.25, 0.3) is 0 Å². The van der Waals surface area contributed by atoms with E-state index in [2.05, 4.69) is 5.32 Å². The molecule has 4 nitrogen and oxygen atoms in total. The highest BCUT2D eigenvalue weighted by molar-refractivity contribution is 6.02. The molecule has 0 aliphatic carbocycles. The van der Waals surface area contributed by atoms with Gasteiger partial charge in [0.2, 0.25) is 0 Å². The first-order valence-corrected chi connectivity index (χ1v) is 4.77. The zero-order valence-corrected chi connectivity index (χ0v) is 8.92. The zero-order valence-electron chi connectivity index (χ0n) is 8.92. The Morgan fingerprint density at radius 2 is 2.20 bits per heavy atom. The molecular weight excluding hydrogens is 194 g/mol. The maximum absolute atomic E-state index is 11.6. The lowest BCUT2D eigenvalue weighted by atomic mass is 10.0. The van der Waals surface area contributed by atoms with Gasteiger partial charge < -0.3 is 15.2 Å². The highest BCUT2D eigenvalue weighted by Gasteiger charge is 2.31. The molecule has 0 aromatic heterocycles. The Kier molecular flexibility index (Phi) is 2.07. The summed E-state index contributed by atoms with van der Waals surface area (Å²) in [6.45, 7) is 3.60. The number of phenolic OH excluding ortho intramolecular Hbond substituents is 1. The van der Waals surface area contributed by atoms with E-state index in [0.29, 0.717) is 16.9 Å². The largest absolute Gasteiger partial charge is 0.508 e. The fourth-order valence-corrected chi connectivity index (χ4v) is 1.94. The SMILES string of the molecule is COc1c(C)c(O)cc2c1C(=O)N[C@H]2C. The molecule has 0 spiro atoms. The summed E-state index contributed by atoms with van der Waals surface area (Å²) in [5.74, 6) is 0.484. The number of fused-ring (bicyclic) bond motifs is 1. The van der Waals surface area contributed by atoms with Gasteiger partial charge in [0, 0.05) is 5.56 Å². The minimum Gasteiger partial charge on any atom is -0.508 e. The van der Waals surface area contributed by atoms with Crippen LogP contribution in [0.3, 0.4) is 0 Å². The number of rotatable bonds is 1. The van der Waals surface area contributed by atoms with Crippen molar-refractivity contribution in [1.82, 2.24) is 5.32 Å². The molecule has 1 aliphatic heterocycles. The van der Waals surface area contributed by atoms with Gasteiger partial charge in [0.15, 0.2) is 0 Å². The van der Waals surface area contributed by atoms with E-state index in [9.17, 15) is 9.90 Å². The van der Waals surface area contributed by atoms with E-state index < -0.39 is 0 Å². The maximum Gasteiger partial charge on any atom is 0.255 e. The average Bonchev–Trinajstić information content (AvgIpc) is 2.45. The third kappa shape index (κ3) is 1.25. The quantitative estimate of drug-likeness (QED) is 0.734. The van der Waals surface area contributed by atoms with Crippen molar-refractivity contribution in [1.29, 1.82) is 0 Å². The molecule has 1 heterocycles. The first-order valence-electron chi connectivity index (χ1n) is 4.77. The highest BCUT2D eigenvalue weighted by atomic mass is 16.5. The van der Waals surface area contributed by atoms with E-state index in [0.717, 1.165) is 5.56 Å². The minimum atomic E-state index is -0.141. The van der Waals surface area contributed by atoms with Crippen molar-refractivity contribution in [3.63, 3.8) is 0 Å². The Balaban J connectivity index is 2.75. The van der Waals surface area contributed by atoms with Gasteiger partial charge in [-0.05, 0) is 25.5 Å². The average molecular weight is 207 g/mol. The number of nitrogens with one attached hydrogen (secondary N) is 1. The van der Waals surface area contributed by atoms with E-state index >= 15 is 0 Å². The minimum absolute atomic E-state index is 0.0760. The van der Waals surface area contributed by atoms with Gasteiger partial charge in [-0.1, -0.05) is 0 Å². The standard InChI is InChI=1S/C11H13NO3/c1-5-8(13)4-7-6(2)12-11(14)9(7)10(5)15-3/h4,6,13H,1-3H3,(H,12,14)/t6-/m0/s1. The molecule has 1 aromatic carbocycles. The van der Waals surface area contributed by atoms with Crippen LogP contribution in [0, 0.1) is 6.92 Å². The van der Waals surface area contributed by atoms with Crippen LogP contribution in [0.1, 0.15) is 34.5 Å². The number of methoxy groups -OCH3 is 1. The Bertz CT molecular complexity index is 440. The van der Waals surface area contributed by atoms with Gasteiger partial charge >= 0.3 is 0 Å². The van der Waals surface area contributed by atoms with Gasteiger partial charge in [-0.2, -0.15) is 0 Å². The molecule has 0 fully saturated rings. The van der Waals surface area contributed by atoms with Crippen molar-refractivity contribution in [2.45, 2.75) is 19.9 Å². The number of hydrogen-bond acceptors (Lipinski definition) is 3. The second-order valence-corrected chi connectivity index (χ2v) is 3.71. The second-order valence-electron chi connectivity index (χ2n) is 3.71. The number of ether oxygens (including phenoxy) is 1. The van der Waals surface area contributed by atoms with Crippen molar-refractivity contribution < 1.29 is 14.6 Å². The molecule has 2 N–H and O–H groups in total. The summed E-state index contributed by atoms with van der Waals surface area (Å²) in [7, 11) is 1.50. The van der Waals surface area contributed by atoms with Crippen LogP contribution >= 0.6 is 0 Å². The fraction of sp³-hybridized carbons (Fsp3) is 0.364. The van der Waals surface area contributed by atoms with Crippen LogP contribution in [-0.4, -0.2) is 18.1 Å². The van der Waals surface area contributed by atoms with Crippen LogP contribution in [0.15, 0.2) is 6.07 Å². The van der Waals surface area contributed by atoms with E-state index in [4.69, 9.17) is 4.74 Å². The molecule has 0 unspecified atom stereocenters. The van der Waals surface area contributed by atoms with E-state index in [1.54, 1.807) is 13.0 Å². The first kappa shape index (κ1) is 9.83. The molecule has 0 saturated heterocycles. The van der Waals surface area contributed by atoms with E-state index in [1.807, 2.05) is 6.92 Å². The van der Waals surface area contributed by atoms with Gasteiger partial charge in [-0.25, -0.2) is 0 Å². The normalized spacial score (nSPS) is 18.6. The van der Waals surface area contributed by atoms with Gasteiger partial charge in [-0.3, -0.25) is 4.79 Å². The molecule has 1 aromatic rings. The number of carbonyl (C=O) groups excluding carboxylic acids is 1. The Hall–Kier alpha value is -1.71. The van der Waals surface area contributed by atoms with Gasteiger partial charge in [0.1, 0.15) is 11.5 Å². The van der Waals surface area contributed by atoms with Gasteiger partial charge in [0.25, 0.3) is 5.91 Å².